The van der Waals surface area contributed by atoms with Crippen molar-refractivity contribution in [2.45, 2.75) is 58.0 Å². The predicted octanol–water partition coefficient (Wildman–Crippen LogP) is 2.11. The van der Waals surface area contributed by atoms with Gasteiger partial charge >= 0.3 is 5.97 Å². The first-order chi connectivity index (χ1) is 6.70. The molecule has 3 nitrogen and oxygen atoms in total. The van der Waals surface area contributed by atoms with E-state index < -0.39 is 5.97 Å². The fourth-order valence-corrected chi connectivity index (χ4v) is 1.89. The number of hydrogen-bond donors (Lipinski definition) is 1. The number of rotatable bonds is 7. The molecule has 82 valence electrons. The molecule has 0 saturated heterocycles. The van der Waals surface area contributed by atoms with Crippen molar-refractivity contribution in [2.75, 3.05) is 6.54 Å². The van der Waals surface area contributed by atoms with E-state index in [9.17, 15) is 4.79 Å². The quantitative estimate of drug-likeness (QED) is 0.682. The largest absolute Gasteiger partial charge is 0.480 e. The Morgan fingerprint density at radius 2 is 2.14 bits per heavy atom. The monoisotopic (exact) mass is 199 g/mol. The molecule has 3 heteroatoms. The molecule has 0 amide bonds. The number of carbonyl (C=O) groups is 1. The highest BCUT2D eigenvalue weighted by Gasteiger charge is 2.35. The summed E-state index contributed by atoms with van der Waals surface area (Å²) in [4.78, 5) is 13.2. The van der Waals surface area contributed by atoms with Gasteiger partial charge in [0.2, 0.25) is 0 Å². The molecule has 0 aromatic carbocycles. The maximum atomic E-state index is 11.0. The molecular weight excluding hydrogens is 178 g/mol. The second-order valence-electron chi connectivity index (χ2n) is 4.08. The van der Waals surface area contributed by atoms with Gasteiger partial charge in [0.05, 0.1) is 0 Å². The van der Waals surface area contributed by atoms with E-state index in [4.69, 9.17) is 5.11 Å². The molecule has 0 aromatic heterocycles. The molecule has 1 saturated carbocycles. The lowest BCUT2D eigenvalue weighted by atomic mass is 10.1. The van der Waals surface area contributed by atoms with E-state index in [-0.39, 0.29) is 6.04 Å². The van der Waals surface area contributed by atoms with Gasteiger partial charge in [-0.15, -0.1) is 0 Å². The number of aliphatic carboxylic acids is 1. The number of nitrogens with zero attached hydrogens (tertiary/aromatic N) is 1. The molecule has 0 bridgehead atoms. The van der Waals surface area contributed by atoms with Crippen LogP contribution >= 0.6 is 0 Å². The van der Waals surface area contributed by atoms with Crippen LogP contribution in [0.3, 0.4) is 0 Å². The maximum absolute atomic E-state index is 11.0. The van der Waals surface area contributed by atoms with Crippen LogP contribution in [-0.2, 0) is 4.79 Å². The zero-order valence-electron chi connectivity index (χ0n) is 9.20. The van der Waals surface area contributed by atoms with Crippen LogP contribution in [-0.4, -0.2) is 34.6 Å². The summed E-state index contributed by atoms with van der Waals surface area (Å²) in [6.45, 7) is 5.05. The van der Waals surface area contributed by atoms with Crippen LogP contribution in [0.4, 0.5) is 0 Å². The first kappa shape index (κ1) is 11.5. The Hall–Kier alpha value is -0.570. The minimum absolute atomic E-state index is 0.256. The second-order valence-corrected chi connectivity index (χ2v) is 4.08. The van der Waals surface area contributed by atoms with Crippen molar-refractivity contribution in [1.29, 1.82) is 0 Å². The Kier molecular flexibility index (Phi) is 4.39. The van der Waals surface area contributed by atoms with Gasteiger partial charge in [-0.25, -0.2) is 0 Å². The molecule has 0 spiro atoms. The molecule has 14 heavy (non-hydrogen) atoms. The summed E-state index contributed by atoms with van der Waals surface area (Å²) in [6, 6.07) is 0.302. The summed E-state index contributed by atoms with van der Waals surface area (Å²) in [6.07, 6.45) is 5.34. The molecule has 1 rings (SSSR count). The molecule has 0 heterocycles. The molecule has 0 radical (unpaired) electrons. The van der Waals surface area contributed by atoms with Gasteiger partial charge in [0.15, 0.2) is 0 Å². The molecule has 1 atom stereocenters. The number of unbranched alkanes of at least 4 members (excludes halogenated alkanes) is 1. The van der Waals surface area contributed by atoms with Gasteiger partial charge < -0.3 is 5.11 Å². The smallest absolute Gasteiger partial charge is 0.320 e. The van der Waals surface area contributed by atoms with Crippen LogP contribution in [0.25, 0.3) is 0 Å². The van der Waals surface area contributed by atoms with E-state index >= 15 is 0 Å². The van der Waals surface area contributed by atoms with Crippen molar-refractivity contribution in [1.82, 2.24) is 4.90 Å². The number of carboxylic acid groups (broad SMARTS) is 1. The average molecular weight is 199 g/mol. The summed E-state index contributed by atoms with van der Waals surface area (Å²) >= 11 is 0. The van der Waals surface area contributed by atoms with Crippen molar-refractivity contribution in [2.24, 2.45) is 0 Å². The number of hydrogen-bond acceptors (Lipinski definition) is 2. The second kappa shape index (κ2) is 5.35. The molecule has 1 fully saturated rings. The molecule has 1 unspecified atom stereocenters. The van der Waals surface area contributed by atoms with E-state index in [1.165, 1.54) is 12.8 Å². The molecular formula is C11H21NO2. The Balaban J connectivity index is 2.50. The Labute approximate surface area is 86.1 Å². The highest BCUT2D eigenvalue weighted by molar-refractivity contribution is 5.73. The van der Waals surface area contributed by atoms with Gasteiger partial charge in [0, 0.05) is 6.04 Å². The van der Waals surface area contributed by atoms with Crippen LogP contribution in [0.15, 0.2) is 0 Å². The highest BCUT2D eigenvalue weighted by atomic mass is 16.4. The van der Waals surface area contributed by atoms with Crippen LogP contribution in [0.2, 0.25) is 0 Å². The third-order valence-electron chi connectivity index (χ3n) is 2.86. The molecule has 1 N–H and O–H groups in total. The zero-order valence-corrected chi connectivity index (χ0v) is 9.20. The lowest BCUT2D eigenvalue weighted by Gasteiger charge is -2.27. The van der Waals surface area contributed by atoms with Crippen LogP contribution in [0.5, 0.6) is 0 Å². The van der Waals surface area contributed by atoms with Crippen LogP contribution < -0.4 is 0 Å². The molecule has 1 aliphatic carbocycles. The molecule has 1 aliphatic rings. The molecule has 0 aliphatic heterocycles. The van der Waals surface area contributed by atoms with Crippen LogP contribution in [0.1, 0.15) is 46.0 Å². The van der Waals surface area contributed by atoms with Gasteiger partial charge in [0.25, 0.3) is 0 Å². The summed E-state index contributed by atoms with van der Waals surface area (Å²) in [7, 11) is 0. The van der Waals surface area contributed by atoms with Crippen molar-refractivity contribution in [3.63, 3.8) is 0 Å². The van der Waals surface area contributed by atoms with E-state index in [0.717, 1.165) is 25.8 Å². The lowest BCUT2D eigenvalue weighted by molar-refractivity contribution is -0.143. The maximum Gasteiger partial charge on any atom is 0.320 e. The average Bonchev–Trinajstić information content (AvgIpc) is 2.94. The fourth-order valence-electron chi connectivity index (χ4n) is 1.89. The SMILES string of the molecule is CCCCN(C1CC1)C(CC)C(=O)O. The minimum atomic E-state index is -0.657. The fraction of sp³-hybridized carbons (Fsp3) is 0.909. The third kappa shape index (κ3) is 2.98. The van der Waals surface area contributed by atoms with E-state index in [1.807, 2.05) is 6.92 Å². The third-order valence-corrected chi connectivity index (χ3v) is 2.86. The molecule has 0 aromatic rings. The Bertz CT molecular complexity index is 190. The predicted molar refractivity (Wildman–Crippen MR) is 56.4 cm³/mol. The summed E-state index contributed by atoms with van der Waals surface area (Å²) in [5.41, 5.74) is 0. The standard InChI is InChI=1S/C11H21NO2/c1-3-5-8-12(9-6-7-9)10(4-2)11(13)14/h9-10H,3-8H2,1-2H3,(H,13,14). The van der Waals surface area contributed by atoms with Gasteiger partial charge in [-0.1, -0.05) is 20.3 Å². The van der Waals surface area contributed by atoms with E-state index in [0.29, 0.717) is 6.04 Å². The minimum Gasteiger partial charge on any atom is -0.480 e. The zero-order chi connectivity index (χ0) is 10.6. The first-order valence-electron chi connectivity index (χ1n) is 5.69. The lowest BCUT2D eigenvalue weighted by Crippen LogP contribution is -2.42. The van der Waals surface area contributed by atoms with E-state index in [2.05, 4.69) is 11.8 Å². The van der Waals surface area contributed by atoms with Gasteiger partial charge in [-0.3, -0.25) is 9.69 Å². The normalized spacial score (nSPS) is 18.5. The van der Waals surface area contributed by atoms with Crippen LogP contribution in [0, 0.1) is 0 Å². The highest BCUT2D eigenvalue weighted by Crippen LogP contribution is 2.29. The summed E-state index contributed by atoms with van der Waals surface area (Å²) in [5.74, 6) is -0.657. The van der Waals surface area contributed by atoms with Crippen molar-refractivity contribution < 1.29 is 9.90 Å². The first-order valence-corrected chi connectivity index (χ1v) is 5.69. The van der Waals surface area contributed by atoms with Crippen molar-refractivity contribution in [3.8, 4) is 0 Å². The number of carboxylic acids is 1. The van der Waals surface area contributed by atoms with Gasteiger partial charge in [-0.05, 0) is 32.2 Å². The van der Waals surface area contributed by atoms with E-state index in [1.54, 1.807) is 0 Å². The van der Waals surface area contributed by atoms with Crippen molar-refractivity contribution >= 4 is 5.97 Å². The summed E-state index contributed by atoms with van der Waals surface area (Å²) in [5, 5.41) is 9.08. The van der Waals surface area contributed by atoms with Gasteiger partial charge in [0.1, 0.15) is 6.04 Å². The Morgan fingerprint density at radius 3 is 2.50 bits per heavy atom. The van der Waals surface area contributed by atoms with Gasteiger partial charge in [-0.2, -0.15) is 0 Å². The topological polar surface area (TPSA) is 40.5 Å². The Morgan fingerprint density at radius 1 is 1.50 bits per heavy atom. The van der Waals surface area contributed by atoms with Crippen molar-refractivity contribution in [3.05, 3.63) is 0 Å². The summed E-state index contributed by atoms with van der Waals surface area (Å²) < 4.78 is 0.